The first-order chi connectivity index (χ1) is 15.3. The highest BCUT2D eigenvalue weighted by atomic mass is 35.5. The molecule has 2 aliphatic rings. The molecule has 0 bridgehead atoms. The predicted molar refractivity (Wildman–Crippen MR) is 122 cm³/mol. The van der Waals surface area contributed by atoms with Crippen LogP contribution in [0, 0.1) is 11.7 Å². The SMILES string of the molecule is O=C(Nc1ccc(S(=O)(=O)N2CCCC2)cc1)C1CCN(Cc2c(F)cccc2Cl)CC1. The molecule has 172 valence electrons. The van der Waals surface area contributed by atoms with E-state index >= 15 is 0 Å². The summed E-state index contributed by atoms with van der Waals surface area (Å²) in [4.78, 5) is 15.0. The number of amides is 1. The van der Waals surface area contributed by atoms with E-state index in [2.05, 4.69) is 10.2 Å². The van der Waals surface area contributed by atoms with Crippen molar-refractivity contribution in [2.24, 2.45) is 5.92 Å². The maximum Gasteiger partial charge on any atom is 0.243 e. The van der Waals surface area contributed by atoms with E-state index in [1.54, 1.807) is 36.4 Å². The van der Waals surface area contributed by atoms with Crippen LogP contribution in [0.5, 0.6) is 0 Å². The second-order valence-electron chi connectivity index (χ2n) is 8.38. The number of carbonyl (C=O) groups is 1. The number of anilines is 1. The lowest BCUT2D eigenvalue weighted by Crippen LogP contribution is -2.38. The van der Waals surface area contributed by atoms with Crippen LogP contribution < -0.4 is 5.32 Å². The lowest BCUT2D eigenvalue weighted by molar-refractivity contribution is -0.121. The number of carbonyl (C=O) groups excluding carboxylic acids is 1. The lowest BCUT2D eigenvalue weighted by atomic mass is 9.95. The number of nitrogens with zero attached hydrogens (tertiary/aromatic N) is 2. The van der Waals surface area contributed by atoms with Gasteiger partial charge in [-0.25, -0.2) is 12.8 Å². The standard InChI is InChI=1S/C23H27ClFN3O3S/c24-21-4-3-5-22(25)20(21)16-27-14-10-17(11-15-27)23(29)26-18-6-8-19(9-7-18)32(30,31)28-12-1-2-13-28/h3-9,17H,1-2,10-16H2,(H,26,29). The molecule has 2 aromatic carbocycles. The Morgan fingerprint density at radius 2 is 1.69 bits per heavy atom. The summed E-state index contributed by atoms with van der Waals surface area (Å²) in [5.74, 6) is -0.536. The first kappa shape index (κ1) is 23.2. The molecular weight excluding hydrogens is 453 g/mol. The van der Waals surface area contributed by atoms with Crippen molar-refractivity contribution < 1.29 is 17.6 Å². The van der Waals surface area contributed by atoms with Gasteiger partial charge in [-0.1, -0.05) is 17.7 Å². The van der Waals surface area contributed by atoms with Gasteiger partial charge in [-0.2, -0.15) is 4.31 Å². The summed E-state index contributed by atoms with van der Waals surface area (Å²) in [6.07, 6.45) is 3.11. The number of sulfonamides is 1. The second-order valence-corrected chi connectivity index (χ2v) is 10.7. The van der Waals surface area contributed by atoms with Crippen molar-refractivity contribution in [1.82, 2.24) is 9.21 Å². The molecule has 2 saturated heterocycles. The molecule has 32 heavy (non-hydrogen) atoms. The fraction of sp³-hybridized carbons (Fsp3) is 0.435. The van der Waals surface area contributed by atoms with E-state index in [4.69, 9.17) is 11.6 Å². The summed E-state index contributed by atoms with van der Waals surface area (Å²) in [7, 11) is -3.46. The van der Waals surface area contributed by atoms with Gasteiger partial charge in [0.2, 0.25) is 15.9 Å². The van der Waals surface area contributed by atoms with Gasteiger partial charge in [0.15, 0.2) is 0 Å². The third kappa shape index (κ3) is 5.14. The number of nitrogens with one attached hydrogen (secondary N) is 1. The average molecular weight is 480 g/mol. The van der Waals surface area contributed by atoms with Gasteiger partial charge >= 0.3 is 0 Å². The number of hydrogen-bond donors (Lipinski definition) is 1. The van der Waals surface area contributed by atoms with Crippen LogP contribution in [0.4, 0.5) is 10.1 Å². The third-order valence-corrected chi connectivity index (χ3v) is 8.49. The Kier molecular flexibility index (Phi) is 7.14. The maximum atomic E-state index is 14.0. The molecule has 2 heterocycles. The summed E-state index contributed by atoms with van der Waals surface area (Å²) in [5, 5.41) is 3.31. The molecule has 0 spiro atoms. The Morgan fingerprint density at radius 1 is 1.03 bits per heavy atom. The van der Waals surface area contributed by atoms with E-state index in [0.29, 0.717) is 61.8 Å². The molecule has 0 unspecified atom stereocenters. The van der Waals surface area contributed by atoms with Crippen LogP contribution in [-0.4, -0.2) is 49.7 Å². The van der Waals surface area contributed by atoms with E-state index in [1.807, 2.05) is 0 Å². The minimum atomic E-state index is -3.46. The zero-order valence-corrected chi connectivity index (χ0v) is 19.3. The van der Waals surface area contributed by atoms with Gasteiger partial charge in [-0.3, -0.25) is 9.69 Å². The lowest BCUT2D eigenvalue weighted by Gasteiger charge is -2.31. The predicted octanol–water partition coefficient (Wildman–Crippen LogP) is 4.11. The Balaban J connectivity index is 1.30. The highest BCUT2D eigenvalue weighted by molar-refractivity contribution is 7.89. The molecule has 0 atom stereocenters. The number of halogens is 2. The number of hydrogen-bond acceptors (Lipinski definition) is 4. The number of piperidine rings is 1. The van der Waals surface area contributed by atoms with Crippen LogP contribution in [0.3, 0.4) is 0 Å². The first-order valence-corrected chi connectivity index (χ1v) is 12.7. The van der Waals surface area contributed by atoms with Gasteiger partial charge < -0.3 is 5.32 Å². The van der Waals surface area contributed by atoms with Crippen LogP contribution in [0.25, 0.3) is 0 Å². The van der Waals surface area contributed by atoms with Gasteiger partial charge in [0.25, 0.3) is 0 Å². The summed E-state index contributed by atoms with van der Waals surface area (Å²) in [6.45, 7) is 2.89. The molecule has 9 heteroatoms. The molecule has 0 aliphatic carbocycles. The minimum absolute atomic E-state index is 0.0799. The zero-order valence-electron chi connectivity index (χ0n) is 17.8. The van der Waals surface area contributed by atoms with E-state index in [9.17, 15) is 17.6 Å². The van der Waals surface area contributed by atoms with Crippen molar-refractivity contribution in [3.8, 4) is 0 Å². The van der Waals surface area contributed by atoms with Gasteiger partial charge in [0.1, 0.15) is 5.82 Å². The topological polar surface area (TPSA) is 69.7 Å². The molecule has 0 saturated carbocycles. The minimum Gasteiger partial charge on any atom is -0.326 e. The van der Waals surface area contributed by atoms with Crippen molar-refractivity contribution >= 4 is 33.2 Å². The highest BCUT2D eigenvalue weighted by Crippen LogP contribution is 2.26. The second kappa shape index (κ2) is 9.87. The van der Waals surface area contributed by atoms with Crippen LogP contribution in [0.15, 0.2) is 47.4 Å². The smallest absolute Gasteiger partial charge is 0.243 e. The van der Waals surface area contributed by atoms with Crippen molar-refractivity contribution in [3.05, 3.63) is 58.9 Å². The Morgan fingerprint density at radius 3 is 2.31 bits per heavy atom. The molecule has 0 radical (unpaired) electrons. The van der Waals surface area contributed by atoms with E-state index in [0.717, 1.165) is 12.8 Å². The normalized spacial score (nSPS) is 18.7. The van der Waals surface area contributed by atoms with E-state index < -0.39 is 10.0 Å². The zero-order chi connectivity index (χ0) is 22.7. The highest BCUT2D eigenvalue weighted by Gasteiger charge is 2.28. The van der Waals surface area contributed by atoms with Crippen molar-refractivity contribution in [1.29, 1.82) is 0 Å². The van der Waals surface area contributed by atoms with Gasteiger partial charge in [0.05, 0.1) is 4.90 Å². The van der Waals surface area contributed by atoms with Gasteiger partial charge in [-0.15, -0.1) is 0 Å². The monoisotopic (exact) mass is 479 g/mol. The molecule has 1 N–H and O–H groups in total. The molecular formula is C23H27ClFN3O3S. The summed E-state index contributed by atoms with van der Waals surface area (Å²) in [6, 6.07) is 11.0. The summed E-state index contributed by atoms with van der Waals surface area (Å²) in [5.41, 5.74) is 1.07. The molecule has 2 aliphatic heterocycles. The largest absolute Gasteiger partial charge is 0.326 e. The maximum absolute atomic E-state index is 14.0. The number of likely N-dealkylation sites (tertiary alicyclic amines) is 1. The van der Waals surface area contributed by atoms with Crippen LogP contribution in [-0.2, 0) is 21.4 Å². The Hall–Kier alpha value is -2.00. The molecule has 1 amide bonds. The molecule has 0 aromatic heterocycles. The molecule has 2 fully saturated rings. The van der Waals surface area contributed by atoms with Crippen LogP contribution >= 0.6 is 11.6 Å². The number of benzene rings is 2. The fourth-order valence-corrected chi connectivity index (χ4v) is 6.03. The quantitative estimate of drug-likeness (QED) is 0.676. The Labute approximate surface area is 193 Å². The Bertz CT molecular complexity index is 1040. The summed E-state index contributed by atoms with van der Waals surface area (Å²) < 4.78 is 40.8. The first-order valence-electron chi connectivity index (χ1n) is 10.9. The molecule has 6 nitrogen and oxygen atoms in total. The van der Waals surface area contributed by atoms with Crippen LogP contribution in [0.1, 0.15) is 31.2 Å². The number of rotatable bonds is 6. The average Bonchev–Trinajstić information content (AvgIpc) is 3.33. The van der Waals surface area contributed by atoms with Gasteiger partial charge in [0, 0.05) is 41.8 Å². The van der Waals surface area contributed by atoms with Crippen LogP contribution in [0.2, 0.25) is 5.02 Å². The van der Waals surface area contributed by atoms with Crippen molar-refractivity contribution in [2.75, 3.05) is 31.5 Å². The van der Waals surface area contributed by atoms with E-state index in [1.165, 1.54) is 10.4 Å². The third-order valence-electron chi connectivity index (χ3n) is 6.23. The summed E-state index contributed by atoms with van der Waals surface area (Å²) >= 11 is 6.12. The molecule has 2 aromatic rings. The van der Waals surface area contributed by atoms with Gasteiger partial charge in [-0.05, 0) is 75.2 Å². The molecule has 4 rings (SSSR count). The van der Waals surface area contributed by atoms with E-state index in [-0.39, 0.29) is 22.5 Å². The van der Waals surface area contributed by atoms with Crippen molar-refractivity contribution in [2.45, 2.75) is 37.1 Å². The fourth-order valence-electron chi connectivity index (χ4n) is 4.29. The van der Waals surface area contributed by atoms with Crippen molar-refractivity contribution in [3.63, 3.8) is 0 Å².